The number of hydrogen-bond acceptors (Lipinski definition) is 3. The van der Waals surface area contributed by atoms with Gasteiger partial charge in [-0.25, -0.2) is 0 Å². The molecule has 0 unspecified atom stereocenters. The van der Waals surface area contributed by atoms with Crippen molar-refractivity contribution in [2.75, 3.05) is 19.6 Å². The first-order valence-electron chi connectivity index (χ1n) is 5.27. The van der Waals surface area contributed by atoms with Crippen molar-refractivity contribution < 1.29 is 4.79 Å². The second-order valence-corrected chi connectivity index (χ2v) is 3.42. The predicted molar refractivity (Wildman–Crippen MR) is 58.5 cm³/mol. The molecule has 1 heterocycles. The molecule has 0 saturated heterocycles. The molecule has 0 atom stereocenters. The van der Waals surface area contributed by atoms with E-state index in [2.05, 4.69) is 17.1 Å². The molecule has 0 saturated carbocycles. The van der Waals surface area contributed by atoms with Gasteiger partial charge in [0.1, 0.15) is 0 Å². The van der Waals surface area contributed by atoms with E-state index >= 15 is 0 Å². The largest absolute Gasteiger partial charge is 0.339 e. The normalized spacial score (nSPS) is 10.3. The summed E-state index contributed by atoms with van der Waals surface area (Å²) in [7, 11) is 0. The van der Waals surface area contributed by atoms with Gasteiger partial charge in [-0.1, -0.05) is 6.92 Å². The molecule has 0 spiro atoms. The highest BCUT2D eigenvalue weighted by Gasteiger charge is 2.14. The van der Waals surface area contributed by atoms with Gasteiger partial charge in [-0.2, -0.15) is 5.10 Å². The zero-order chi connectivity index (χ0) is 11.1. The summed E-state index contributed by atoms with van der Waals surface area (Å²) in [6.45, 7) is 4.15. The van der Waals surface area contributed by atoms with Crippen molar-refractivity contribution in [2.45, 2.75) is 19.8 Å². The summed E-state index contributed by atoms with van der Waals surface area (Å²) < 4.78 is 0. The first-order chi connectivity index (χ1) is 7.29. The van der Waals surface area contributed by atoms with Gasteiger partial charge in [0.25, 0.3) is 5.91 Å². The van der Waals surface area contributed by atoms with Crippen LogP contribution in [-0.4, -0.2) is 40.6 Å². The number of rotatable bonds is 6. The van der Waals surface area contributed by atoms with Crippen LogP contribution < -0.4 is 5.73 Å². The van der Waals surface area contributed by atoms with Crippen LogP contribution in [0, 0.1) is 0 Å². The van der Waals surface area contributed by atoms with Crippen LogP contribution in [0.4, 0.5) is 0 Å². The number of nitrogens with one attached hydrogen (secondary N) is 1. The third-order valence-corrected chi connectivity index (χ3v) is 2.16. The van der Waals surface area contributed by atoms with Crippen LogP contribution >= 0.6 is 0 Å². The Labute approximate surface area is 89.6 Å². The van der Waals surface area contributed by atoms with Gasteiger partial charge < -0.3 is 10.6 Å². The summed E-state index contributed by atoms with van der Waals surface area (Å²) in [6, 6.07) is 0. The zero-order valence-electron chi connectivity index (χ0n) is 9.07. The Morgan fingerprint density at radius 1 is 1.60 bits per heavy atom. The number of hydrogen-bond donors (Lipinski definition) is 2. The molecule has 5 nitrogen and oxygen atoms in total. The topological polar surface area (TPSA) is 75.0 Å². The van der Waals surface area contributed by atoms with Crippen LogP contribution in [0.15, 0.2) is 12.4 Å². The Kier molecular flexibility index (Phi) is 4.83. The Morgan fingerprint density at radius 2 is 2.40 bits per heavy atom. The van der Waals surface area contributed by atoms with Gasteiger partial charge >= 0.3 is 0 Å². The molecule has 1 rings (SSSR count). The van der Waals surface area contributed by atoms with Crippen LogP contribution in [0.1, 0.15) is 30.1 Å². The highest BCUT2D eigenvalue weighted by atomic mass is 16.2. The number of nitrogens with two attached hydrogens (primary N) is 1. The number of aromatic amines is 1. The molecule has 1 amide bonds. The monoisotopic (exact) mass is 210 g/mol. The lowest BCUT2D eigenvalue weighted by atomic mass is 10.2. The predicted octanol–water partition coefficient (Wildman–Crippen LogP) is 0.611. The summed E-state index contributed by atoms with van der Waals surface area (Å²) in [5, 5.41) is 6.41. The van der Waals surface area contributed by atoms with Crippen LogP contribution in [0.2, 0.25) is 0 Å². The average molecular weight is 210 g/mol. The fourth-order valence-corrected chi connectivity index (χ4v) is 1.42. The Morgan fingerprint density at radius 3 is 2.93 bits per heavy atom. The quantitative estimate of drug-likeness (QED) is 0.722. The number of nitrogens with zero attached hydrogens (tertiary/aromatic N) is 2. The van der Waals surface area contributed by atoms with Crippen LogP contribution in [0.25, 0.3) is 0 Å². The lowest BCUT2D eigenvalue weighted by Gasteiger charge is -2.20. The maximum Gasteiger partial charge on any atom is 0.257 e. The van der Waals surface area contributed by atoms with Crippen LogP contribution in [0.5, 0.6) is 0 Å². The molecule has 84 valence electrons. The summed E-state index contributed by atoms with van der Waals surface area (Å²) >= 11 is 0. The molecule has 15 heavy (non-hydrogen) atoms. The van der Waals surface area contributed by atoms with E-state index in [0.717, 1.165) is 19.4 Å². The molecule has 0 aliphatic heterocycles. The fraction of sp³-hybridized carbons (Fsp3) is 0.600. The molecule has 3 N–H and O–H groups in total. The Bertz CT molecular complexity index is 284. The van der Waals surface area contributed by atoms with E-state index in [0.29, 0.717) is 18.7 Å². The summed E-state index contributed by atoms with van der Waals surface area (Å²) in [5.41, 5.74) is 6.05. The first kappa shape index (κ1) is 11.7. The molecule has 1 aromatic heterocycles. The summed E-state index contributed by atoms with van der Waals surface area (Å²) in [6.07, 6.45) is 4.96. The lowest BCUT2D eigenvalue weighted by Crippen LogP contribution is -2.33. The number of aromatic nitrogens is 2. The van der Waals surface area contributed by atoms with Gasteiger partial charge in [-0.05, 0) is 19.4 Å². The first-order valence-corrected chi connectivity index (χ1v) is 5.27. The van der Waals surface area contributed by atoms with Crippen molar-refractivity contribution >= 4 is 5.91 Å². The van der Waals surface area contributed by atoms with Crippen molar-refractivity contribution in [1.82, 2.24) is 15.1 Å². The molecule has 0 bridgehead atoms. The van der Waals surface area contributed by atoms with Gasteiger partial charge in [0.2, 0.25) is 0 Å². The second kappa shape index (κ2) is 6.19. The van der Waals surface area contributed by atoms with Crippen LogP contribution in [0.3, 0.4) is 0 Å². The molecule has 0 radical (unpaired) electrons. The van der Waals surface area contributed by atoms with Crippen molar-refractivity contribution in [1.29, 1.82) is 0 Å². The minimum Gasteiger partial charge on any atom is -0.339 e. The van der Waals surface area contributed by atoms with Gasteiger partial charge in [0, 0.05) is 19.3 Å². The van der Waals surface area contributed by atoms with Gasteiger partial charge in [0.15, 0.2) is 0 Å². The molecule has 0 fully saturated rings. The number of carbonyl (C=O) groups is 1. The maximum absolute atomic E-state index is 11.9. The minimum absolute atomic E-state index is 0.0269. The fourth-order valence-electron chi connectivity index (χ4n) is 1.42. The van der Waals surface area contributed by atoms with Gasteiger partial charge in [0.05, 0.1) is 11.8 Å². The van der Waals surface area contributed by atoms with Crippen molar-refractivity contribution in [3.05, 3.63) is 18.0 Å². The Balaban J connectivity index is 2.58. The molecule has 0 aliphatic rings. The van der Waals surface area contributed by atoms with Crippen LogP contribution in [-0.2, 0) is 0 Å². The SMILES string of the molecule is CCCN(CCCN)C(=O)c1cn[nH]c1. The third kappa shape index (κ3) is 3.36. The van der Waals surface area contributed by atoms with E-state index in [4.69, 9.17) is 5.73 Å². The molecule has 0 aromatic carbocycles. The minimum atomic E-state index is 0.0269. The molecule has 0 aliphatic carbocycles. The standard InChI is InChI=1S/C10H18N4O/c1-2-5-14(6-3-4-11)10(15)9-7-12-13-8-9/h7-8H,2-6,11H2,1H3,(H,12,13). The van der Waals surface area contributed by atoms with E-state index in [-0.39, 0.29) is 5.91 Å². The molecule has 1 aromatic rings. The highest BCUT2D eigenvalue weighted by Crippen LogP contribution is 2.03. The number of H-pyrrole nitrogens is 1. The highest BCUT2D eigenvalue weighted by molar-refractivity contribution is 5.93. The summed E-state index contributed by atoms with van der Waals surface area (Å²) in [4.78, 5) is 13.7. The van der Waals surface area contributed by atoms with Crippen molar-refractivity contribution in [2.24, 2.45) is 5.73 Å². The summed E-state index contributed by atoms with van der Waals surface area (Å²) in [5.74, 6) is 0.0269. The van der Waals surface area contributed by atoms with E-state index in [1.54, 1.807) is 12.4 Å². The van der Waals surface area contributed by atoms with Crippen molar-refractivity contribution in [3.63, 3.8) is 0 Å². The Hall–Kier alpha value is -1.36. The average Bonchev–Trinajstić information content (AvgIpc) is 2.76. The second-order valence-electron chi connectivity index (χ2n) is 3.42. The maximum atomic E-state index is 11.9. The van der Waals surface area contributed by atoms with Crippen molar-refractivity contribution in [3.8, 4) is 0 Å². The van der Waals surface area contributed by atoms with E-state index in [1.807, 2.05) is 4.90 Å². The molecular weight excluding hydrogens is 192 g/mol. The van der Waals surface area contributed by atoms with E-state index in [1.165, 1.54) is 0 Å². The van der Waals surface area contributed by atoms with E-state index in [9.17, 15) is 4.79 Å². The number of carbonyl (C=O) groups excluding carboxylic acids is 1. The number of amides is 1. The molecule has 5 heteroatoms. The van der Waals surface area contributed by atoms with E-state index < -0.39 is 0 Å². The van der Waals surface area contributed by atoms with Gasteiger partial charge in [-0.3, -0.25) is 9.89 Å². The zero-order valence-corrected chi connectivity index (χ0v) is 9.07. The smallest absolute Gasteiger partial charge is 0.257 e. The third-order valence-electron chi connectivity index (χ3n) is 2.16. The molecular formula is C10H18N4O. The lowest BCUT2D eigenvalue weighted by molar-refractivity contribution is 0.0755. The van der Waals surface area contributed by atoms with Gasteiger partial charge in [-0.15, -0.1) is 0 Å².